The lowest BCUT2D eigenvalue weighted by Gasteiger charge is -2.38. The first-order valence-corrected chi connectivity index (χ1v) is 8.82. The number of hydrogen-bond acceptors (Lipinski definition) is 5. The molecule has 0 unspecified atom stereocenters. The summed E-state index contributed by atoms with van der Waals surface area (Å²) in [6.45, 7) is 4.47. The number of amides is 2. The van der Waals surface area contributed by atoms with Gasteiger partial charge in [0, 0.05) is 18.3 Å². The van der Waals surface area contributed by atoms with Gasteiger partial charge in [0.2, 0.25) is 0 Å². The van der Waals surface area contributed by atoms with E-state index in [0.717, 1.165) is 30.4 Å². The number of nitrogen functional groups attached to an aromatic ring is 1. The Hall–Kier alpha value is -2.90. The molecule has 8 heteroatoms. The molecule has 26 heavy (non-hydrogen) atoms. The smallest absolute Gasteiger partial charge is 0.313 e. The van der Waals surface area contributed by atoms with Crippen molar-refractivity contribution in [3.05, 3.63) is 35.8 Å². The zero-order valence-corrected chi connectivity index (χ0v) is 15.0. The molecule has 2 amide bonds. The minimum Gasteiger partial charge on any atom is -0.383 e. The highest BCUT2D eigenvalue weighted by Gasteiger charge is 2.35. The molecule has 2 aromatic rings. The second-order valence-corrected chi connectivity index (χ2v) is 6.74. The van der Waals surface area contributed by atoms with Gasteiger partial charge in [0.15, 0.2) is 0 Å². The highest BCUT2D eigenvalue weighted by atomic mass is 16.2. The van der Waals surface area contributed by atoms with Crippen molar-refractivity contribution in [3.63, 3.8) is 0 Å². The summed E-state index contributed by atoms with van der Waals surface area (Å²) in [5, 5.41) is 9.40. The first kappa shape index (κ1) is 17.9. The Kier molecular flexibility index (Phi) is 5.20. The van der Waals surface area contributed by atoms with Gasteiger partial charge in [-0.25, -0.2) is 4.98 Å². The van der Waals surface area contributed by atoms with E-state index in [9.17, 15) is 9.59 Å². The molecule has 2 aromatic heterocycles. The van der Waals surface area contributed by atoms with Crippen molar-refractivity contribution in [2.24, 2.45) is 5.92 Å². The molecule has 0 spiro atoms. The number of nitrogens with zero attached hydrogens (tertiary/aromatic N) is 3. The second-order valence-electron chi connectivity index (χ2n) is 6.74. The van der Waals surface area contributed by atoms with Crippen LogP contribution in [0.3, 0.4) is 0 Å². The maximum absolute atomic E-state index is 12.9. The van der Waals surface area contributed by atoms with Gasteiger partial charge < -0.3 is 16.0 Å². The van der Waals surface area contributed by atoms with Crippen molar-refractivity contribution in [2.45, 2.75) is 39.2 Å². The van der Waals surface area contributed by atoms with Gasteiger partial charge in [-0.05, 0) is 37.3 Å². The number of H-pyrrole nitrogens is 1. The summed E-state index contributed by atoms with van der Waals surface area (Å²) < 4.78 is 0. The Morgan fingerprint density at radius 2 is 2.19 bits per heavy atom. The van der Waals surface area contributed by atoms with Gasteiger partial charge in [0.05, 0.1) is 24.1 Å². The van der Waals surface area contributed by atoms with E-state index in [1.54, 1.807) is 30.3 Å². The molecular formula is C18H24N6O2. The minimum absolute atomic E-state index is 0.138. The highest BCUT2D eigenvalue weighted by Crippen LogP contribution is 2.34. The van der Waals surface area contributed by atoms with Crippen molar-refractivity contribution >= 4 is 23.3 Å². The number of aromatic amines is 1. The SMILES string of the molecule is CC[C@H]1CC[C@H](c2cn[nH]c2)N(C(=O)C(=O)Nc2cnc(N)c(C)c2)C1. The number of nitrogens with two attached hydrogens (primary N) is 1. The second kappa shape index (κ2) is 7.55. The maximum Gasteiger partial charge on any atom is 0.313 e. The first-order chi connectivity index (χ1) is 12.5. The van der Waals surface area contributed by atoms with Crippen molar-refractivity contribution in [1.82, 2.24) is 20.1 Å². The normalized spacial score (nSPS) is 20.0. The Labute approximate surface area is 152 Å². The molecule has 0 aromatic carbocycles. The third-order valence-electron chi connectivity index (χ3n) is 4.99. The van der Waals surface area contributed by atoms with Gasteiger partial charge in [-0.15, -0.1) is 0 Å². The van der Waals surface area contributed by atoms with E-state index >= 15 is 0 Å². The first-order valence-electron chi connectivity index (χ1n) is 8.82. The van der Waals surface area contributed by atoms with Crippen LogP contribution in [0.1, 0.15) is 43.4 Å². The van der Waals surface area contributed by atoms with Crippen LogP contribution in [-0.2, 0) is 9.59 Å². The Morgan fingerprint density at radius 1 is 1.38 bits per heavy atom. The van der Waals surface area contributed by atoms with Crippen LogP contribution in [-0.4, -0.2) is 38.4 Å². The van der Waals surface area contributed by atoms with Crippen LogP contribution in [0, 0.1) is 12.8 Å². The van der Waals surface area contributed by atoms with Crippen molar-refractivity contribution < 1.29 is 9.59 Å². The van der Waals surface area contributed by atoms with E-state index in [2.05, 4.69) is 27.4 Å². The number of pyridine rings is 1. The molecule has 3 rings (SSSR count). The monoisotopic (exact) mass is 356 g/mol. The molecular weight excluding hydrogens is 332 g/mol. The zero-order valence-electron chi connectivity index (χ0n) is 15.0. The van der Waals surface area contributed by atoms with Crippen LogP contribution < -0.4 is 11.1 Å². The average molecular weight is 356 g/mol. The lowest BCUT2D eigenvalue weighted by molar-refractivity contribution is -0.146. The summed E-state index contributed by atoms with van der Waals surface area (Å²) in [7, 11) is 0. The van der Waals surface area contributed by atoms with Crippen molar-refractivity contribution in [3.8, 4) is 0 Å². The number of piperidine rings is 1. The highest BCUT2D eigenvalue weighted by molar-refractivity contribution is 6.39. The summed E-state index contributed by atoms with van der Waals surface area (Å²) in [6.07, 6.45) is 7.76. The molecule has 1 fully saturated rings. The number of carbonyl (C=O) groups is 2. The van der Waals surface area contributed by atoms with Crippen LogP contribution in [0.5, 0.6) is 0 Å². The quantitative estimate of drug-likeness (QED) is 0.727. The predicted octanol–water partition coefficient (Wildman–Crippen LogP) is 2.02. The maximum atomic E-state index is 12.9. The molecule has 0 bridgehead atoms. The number of carbonyl (C=O) groups excluding carboxylic acids is 2. The molecule has 1 aliphatic rings. The Bertz CT molecular complexity index is 789. The molecule has 0 radical (unpaired) electrons. The minimum atomic E-state index is -0.666. The van der Waals surface area contributed by atoms with Gasteiger partial charge in [0.1, 0.15) is 5.82 Å². The van der Waals surface area contributed by atoms with Gasteiger partial charge in [-0.3, -0.25) is 14.7 Å². The van der Waals surface area contributed by atoms with E-state index in [0.29, 0.717) is 24.0 Å². The molecule has 1 aliphatic heterocycles. The zero-order chi connectivity index (χ0) is 18.7. The number of anilines is 2. The van der Waals surface area contributed by atoms with Crippen LogP contribution in [0.15, 0.2) is 24.7 Å². The van der Waals surface area contributed by atoms with Gasteiger partial charge in [-0.2, -0.15) is 5.10 Å². The van der Waals surface area contributed by atoms with Gasteiger partial charge in [-0.1, -0.05) is 13.3 Å². The number of hydrogen-bond donors (Lipinski definition) is 3. The summed E-state index contributed by atoms with van der Waals surface area (Å²) in [6, 6.07) is 1.56. The number of aromatic nitrogens is 3. The molecule has 2 atom stereocenters. The van der Waals surface area contributed by atoms with Crippen LogP contribution >= 0.6 is 0 Å². The predicted molar refractivity (Wildman–Crippen MR) is 98.1 cm³/mol. The van der Waals surface area contributed by atoms with E-state index in [1.807, 2.05) is 0 Å². The fraction of sp³-hybridized carbons (Fsp3) is 0.444. The van der Waals surface area contributed by atoms with Gasteiger partial charge >= 0.3 is 11.8 Å². The molecule has 3 heterocycles. The van der Waals surface area contributed by atoms with E-state index in [-0.39, 0.29) is 6.04 Å². The number of nitrogens with one attached hydrogen (secondary N) is 2. The summed E-state index contributed by atoms with van der Waals surface area (Å²) >= 11 is 0. The molecule has 1 saturated heterocycles. The fourth-order valence-corrected chi connectivity index (χ4v) is 3.36. The number of likely N-dealkylation sites (tertiary alicyclic amines) is 1. The summed E-state index contributed by atoms with van der Waals surface area (Å²) in [5.74, 6) is -0.406. The largest absolute Gasteiger partial charge is 0.383 e. The van der Waals surface area contributed by atoms with E-state index in [4.69, 9.17) is 5.73 Å². The van der Waals surface area contributed by atoms with Crippen molar-refractivity contribution in [2.75, 3.05) is 17.6 Å². The van der Waals surface area contributed by atoms with E-state index < -0.39 is 11.8 Å². The van der Waals surface area contributed by atoms with Gasteiger partial charge in [0.25, 0.3) is 0 Å². The molecule has 8 nitrogen and oxygen atoms in total. The fourth-order valence-electron chi connectivity index (χ4n) is 3.36. The topological polar surface area (TPSA) is 117 Å². The number of aryl methyl sites for hydroxylation is 1. The summed E-state index contributed by atoms with van der Waals surface area (Å²) in [5.41, 5.74) is 7.82. The third-order valence-corrected chi connectivity index (χ3v) is 4.99. The standard InChI is InChI=1S/C18H24N6O2/c1-3-12-4-5-15(13-7-21-22-8-13)24(10-12)18(26)17(25)23-14-6-11(2)16(19)20-9-14/h6-9,12,15H,3-5,10H2,1-2H3,(H2,19,20)(H,21,22)(H,23,25)/t12-,15+/m0/s1. The molecule has 0 saturated carbocycles. The lowest BCUT2D eigenvalue weighted by atomic mass is 9.88. The molecule has 138 valence electrons. The van der Waals surface area contributed by atoms with Crippen molar-refractivity contribution in [1.29, 1.82) is 0 Å². The summed E-state index contributed by atoms with van der Waals surface area (Å²) in [4.78, 5) is 31.1. The lowest BCUT2D eigenvalue weighted by Crippen LogP contribution is -2.46. The Balaban J connectivity index is 1.77. The Morgan fingerprint density at radius 3 is 2.85 bits per heavy atom. The van der Waals surface area contributed by atoms with Crippen LogP contribution in [0.4, 0.5) is 11.5 Å². The molecule has 0 aliphatic carbocycles. The van der Waals surface area contributed by atoms with Crippen LogP contribution in [0.2, 0.25) is 0 Å². The molecule has 4 N–H and O–H groups in total. The van der Waals surface area contributed by atoms with Crippen LogP contribution in [0.25, 0.3) is 0 Å². The average Bonchev–Trinajstić information content (AvgIpc) is 3.18. The number of rotatable bonds is 3. The third kappa shape index (κ3) is 3.68. The van der Waals surface area contributed by atoms with E-state index in [1.165, 1.54) is 6.20 Å².